The van der Waals surface area contributed by atoms with E-state index in [-0.39, 0.29) is 0 Å². The van der Waals surface area contributed by atoms with Gasteiger partial charge < -0.3 is 4.74 Å². The highest BCUT2D eigenvalue weighted by molar-refractivity contribution is 6.37. The Hall–Kier alpha value is -1.70. The van der Waals surface area contributed by atoms with E-state index in [2.05, 4.69) is 6.07 Å². The quantitative estimate of drug-likeness (QED) is 0.567. The van der Waals surface area contributed by atoms with Crippen LogP contribution < -0.4 is 4.74 Å². The van der Waals surface area contributed by atoms with Gasteiger partial charge in [0, 0.05) is 0 Å². The third-order valence-electron chi connectivity index (χ3n) is 2.86. The first-order chi connectivity index (χ1) is 9.24. The second kappa shape index (κ2) is 5.12. The van der Waals surface area contributed by atoms with Gasteiger partial charge in [0.15, 0.2) is 5.75 Å². The molecule has 94 valence electrons. The van der Waals surface area contributed by atoms with E-state index in [9.17, 15) is 0 Å². The van der Waals surface area contributed by atoms with Crippen molar-refractivity contribution in [1.82, 2.24) is 0 Å². The molecule has 0 aliphatic heterocycles. The molecule has 0 spiro atoms. The summed E-state index contributed by atoms with van der Waals surface area (Å²) in [6, 6.07) is 19.3. The number of hydrogen-bond donors (Lipinski definition) is 0. The van der Waals surface area contributed by atoms with Gasteiger partial charge in [-0.1, -0.05) is 59.6 Å². The Morgan fingerprint density at radius 1 is 0.684 bits per heavy atom. The number of ether oxygens (including phenoxy) is 1. The zero-order valence-electron chi connectivity index (χ0n) is 9.94. The Morgan fingerprint density at radius 3 is 2.11 bits per heavy atom. The fourth-order valence-corrected chi connectivity index (χ4v) is 2.40. The van der Waals surface area contributed by atoms with Gasteiger partial charge in [-0.05, 0) is 35.0 Å². The maximum Gasteiger partial charge on any atom is 0.164 e. The van der Waals surface area contributed by atoms with Crippen LogP contribution in [-0.2, 0) is 0 Å². The topological polar surface area (TPSA) is 9.23 Å². The van der Waals surface area contributed by atoms with Crippen molar-refractivity contribution in [2.75, 3.05) is 0 Å². The van der Waals surface area contributed by atoms with Crippen LogP contribution in [0.15, 0.2) is 60.7 Å². The van der Waals surface area contributed by atoms with Gasteiger partial charge in [0.2, 0.25) is 0 Å². The van der Waals surface area contributed by atoms with Crippen LogP contribution >= 0.6 is 23.2 Å². The summed E-state index contributed by atoms with van der Waals surface area (Å²) < 4.78 is 5.78. The molecule has 0 fully saturated rings. The number of halogens is 2. The first kappa shape index (κ1) is 12.3. The Bertz CT molecular complexity index is 717. The average molecular weight is 289 g/mol. The Morgan fingerprint density at radius 2 is 1.37 bits per heavy atom. The van der Waals surface area contributed by atoms with Crippen LogP contribution in [0.5, 0.6) is 11.5 Å². The predicted octanol–water partition coefficient (Wildman–Crippen LogP) is 5.94. The molecule has 0 N–H and O–H groups in total. The van der Waals surface area contributed by atoms with Crippen LogP contribution in [0, 0.1) is 0 Å². The molecule has 0 unspecified atom stereocenters. The van der Waals surface area contributed by atoms with Crippen molar-refractivity contribution < 1.29 is 4.74 Å². The molecule has 0 saturated heterocycles. The molecule has 3 aromatic carbocycles. The van der Waals surface area contributed by atoms with E-state index in [0.717, 1.165) is 5.39 Å². The van der Waals surface area contributed by atoms with Gasteiger partial charge in [-0.3, -0.25) is 0 Å². The molecule has 3 rings (SSSR count). The molecule has 0 aliphatic rings. The van der Waals surface area contributed by atoms with Crippen LogP contribution in [0.1, 0.15) is 0 Å². The minimum atomic E-state index is 0.487. The van der Waals surface area contributed by atoms with E-state index in [0.29, 0.717) is 21.5 Å². The number of fused-ring (bicyclic) bond motifs is 1. The van der Waals surface area contributed by atoms with E-state index in [4.69, 9.17) is 27.9 Å². The summed E-state index contributed by atoms with van der Waals surface area (Å²) in [5.74, 6) is 1.20. The highest BCUT2D eigenvalue weighted by Crippen LogP contribution is 2.36. The fraction of sp³-hybridized carbons (Fsp3) is 0. The fourth-order valence-electron chi connectivity index (χ4n) is 1.93. The zero-order chi connectivity index (χ0) is 13.2. The normalized spacial score (nSPS) is 10.6. The van der Waals surface area contributed by atoms with Crippen molar-refractivity contribution in [3.63, 3.8) is 0 Å². The zero-order valence-corrected chi connectivity index (χ0v) is 11.4. The summed E-state index contributed by atoms with van der Waals surface area (Å²) in [4.78, 5) is 0. The number of hydrogen-bond acceptors (Lipinski definition) is 1. The second-order valence-electron chi connectivity index (χ2n) is 4.16. The molecule has 0 amide bonds. The third-order valence-corrected chi connectivity index (χ3v) is 3.46. The molecular formula is C16H10Cl2O. The highest BCUT2D eigenvalue weighted by atomic mass is 35.5. The lowest BCUT2D eigenvalue weighted by atomic mass is 10.1. The molecule has 19 heavy (non-hydrogen) atoms. The summed E-state index contributed by atoms with van der Waals surface area (Å²) in [5.41, 5.74) is 0. The van der Waals surface area contributed by atoms with Crippen molar-refractivity contribution in [2.24, 2.45) is 0 Å². The molecule has 3 aromatic rings. The lowest BCUT2D eigenvalue weighted by Crippen LogP contribution is -1.86. The van der Waals surface area contributed by atoms with Gasteiger partial charge in [0.25, 0.3) is 0 Å². The van der Waals surface area contributed by atoms with Crippen molar-refractivity contribution >= 4 is 34.0 Å². The Balaban J connectivity index is 2.01. The van der Waals surface area contributed by atoms with Crippen molar-refractivity contribution in [2.45, 2.75) is 0 Å². The minimum absolute atomic E-state index is 0.487. The molecule has 0 atom stereocenters. The molecule has 0 radical (unpaired) electrons. The molecule has 0 aliphatic carbocycles. The minimum Gasteiger partial charge on any atom is -0.454 e. The molecule has 0 aromatic heterocycles. The van der Waals surface area contributed by atoms with Gasteiger partial charge >= 0.3 is 0 Å². The standard InChI is InChI=1S/C16H10Cl2O/c17-14-6-3-7-15(18)16(14)19-13-9-8-11-4-1-2-5-12(11)10-13/h1-10H. The van der Waals surface area contributed by atoms with Crippen LogP contribution in [0.4, 0.5) is 0 Å². The van der Waals surface area contributed by atoms with Gasteiger partial charge in [-0.15, -0.1) is 0 Å². The Labute approximate surface area is 121 Å². The van der Waals surface area contributed by atoms with Crippen molar-refractivity contribution in [3.8, 4) is 11.5 Å². The van der Waals surface area contributed by atoms with Crippen LogP contribution in [-0.4, -0.2) is 0 Å². The molecule has 0 heterocycles. The predicted molar refractivity (Wildman–Crippen MR) is 80.5 cm³/mol. The van der Waals surface area contributed by atoms with Gasteiger partial charge in [0.1, 0.15) is 5.75 Å². The molecule has 3 heteroatoms. The van der Waals surface area contributed by atoms with E-state index >= 15 is 0 Å². The lowest BCUT2D eigenvalue weighted by Gasteiger charge is -2.10. The van der Waals surface area contributed by atoms with E-state index in [1.807, 2.05) is 36.4 Å². The van der Waals surface area contributed by atoms with Crippen LogP contribution in [0.25, 0.3) is 10.8 Å². The van der Waals surface area contributed by atoms with E-state index in [1.54, 1.807) is 18.2 Å². The van der Waals surface area contributed by atoms with Gasteiger partial charge in [-0.25, -0.2) is 0 Å². The summed E-state index contributed by atoms with van der Waals surface area (Å²) in [5, 5.41) is 3.28. The van der Waals surface area contributed by atoms with E-state index < -0.39 is 0 Å². The summed E-state index contributed by atoms with van der Waals surface area (Å²) in [6.07, 6.45) is 0. The van der Waals surface area contributed by atoms with Crippen molar-refractivity contribution in [1.29, 1.82) is 0 Å². The largest absolute Gasteiger partial charge is 0.454 e. The smallest absolute Gasteiger partial charge is 0.164 e. The Kier molecular flexibility index (Phi) is 3.33. The maximum absolute atomic E-state index is 6.09. The number of benzene rings is 3. The van der Waals surface area contributed by atoms with Gasteiger partial charge in [-0.2, -0.15) is 0 Å². The second-order valence-corrected chi connectivity index (χ2v) is 4.98. The van der Waals surface area contributed by atoms with Gasteiger partial charge in [0.05, 0.1) is 10.0 Å². The number of rotatable bonds is 2. The molecule has 0 bridgehead atoms. The lowest BCUT2D eigenvalue weighted by molar-refractivity contribution is 0.484. The molecule has 1 nitrogen and oxygen atoms in total. The summed E-state index contributed by atoms with van der Waals surface area (Å²) in [6.45, 7) is 0. The molecule has 0 saturated carbocycles. The summed E-state index contributed by atoms with van der Waals surface area (Å²) in [7, 11) is 0. The van der Waals surface area contributed by atoms with Crippen LogP contribution in [0.3, 0.4) is 0 Å². The maximum atomic E-state index is 6.09. The molecular weight excluding hydrogens is 279 g/mol. The number of para-hydroxylation sites is 1. The first-order valence-corrected chi connectivity index (χ1v) is 6.60. The summed E-state index contributed by atoms with van der Waals surface area (Å²) >= 11 is 12.2. The van der Waals surface area contributed by atoms with Crippen molar-refractivity contribution in [3.05, 3.63) is 70.7 Å². The average Bonchev–Trinajstić information content (AvgIpc) is 2.43. The highest BCUT2D eigenvalue weighted by Gasteiger charge is 2.08. The van der Waals surface area contributed by atoms with E-state index in [1.165, 1.54) is 5.39 Å². The van der Waals surface area contributed by atoms with Crippen LogP contribution in [0.2, 0.25) is 10.0 Å². The third kappa shape index (κ3) is 2.53. The first-order valence-electron chi connectivity index (χ1n) is 5.85. The monoisotopic (exact) mass is 288 g/mol. The SMILES string of the molecule is Clc1cccc(Cl)c1Oc1ccc2ccccc2c1.